The van der Waals surface area contributed by atoms with E-state index in [1.54, 1.807) is 0 Å². The van der Waals surface area contributed by atoms with Gasteiger partial charge in [0.25, 0.3) is 0 Å². The van der Waals surface area contributed by atoms with Crippen LogP contribution < -0.4 is 9.64 Å². The highest BCUT2D eigenvalue weighted by Gasteiger charge is 2.10. The number of rotatable bonds is 8. The molecular weight excluding hydrogens is 238 g/mol. The minimum atomic E-state index is 0.160. The van der Waals surface area contributed by atoms with Crippen molar-refractivity contribution in [3.05, 3.63) is 29.8 Å². The number of ether oxygens (including phenoxy) is 1. The number of Topliss-reactive ketones (excluding diaryl/α,β-unsaturated/α-hetero) is 1. The van der Waals surface area contributed by atoms with Gasteiger partial charge >= 0.3 is 0 Å². The summed E-state index contributed by atoms with van der Waals surface area (Å²) in [7, 11) is 0. The molecule has 0 aliphatic carbocycles. The molecule has 3 heteroatoms. The number of hydrogen-bond donors (Lipinski definition) is 1. The summed E-state index contributed by atoms with van der Waals surface area (Å²) in [6.45, 7) is 11.4. The Morgan fingerprint density at radius 3 is 2.21 bits per heavy atom. The molecule has 1 rings (SSSR count). The normalized spacial score (nSPS) is 11.1. The van der Waals surface area contributed by atoms with Crippen molar-refractivity contribution in [3.8, 4) is 5.75 Å². The minimum Gasteiger partial charge on any atom is -0.491 e. The van der Waals surface area contributed by atoms with E-state index < -0.39 is 0 Å². The Hall–Kier alpha value is -1.35. The molecule has 1 aromatic carbocycles. The number of ketones is 1. The molecule has 1 N–H and O–H groups in total. The van der Waals surface area contributed by atoms with Crippen molar-refractivity contribution in [2.45, 2.75) is 40.2 Å². The molecule has 1 aromatic rings. The van der Waals surface area contributed by atoms with Crippen LogP contribution in [0.1, 0.15) is 44.5 Å². The van der Waals surface area contributed by atoms with E-state index in [0.717, 1.165) is 30.9 Å². The quantitative estimate of drug-likeness (QED) is 0.728. The standard InChI is InChI=1S/C16H25NO2/c1-5-17(6-2)12-11-16(18)14-7-9-15(10-8-14)19-13(3)4/h7-10,13H,5-6,11-12H2,1-4H3/p+1. The first kappa shape index (κ1) is 15.7. The summed E-state index contributed by atoms with van der Waals surface area (Å²) in [5.74, 6) is 1.04. The third-order valence-corrected chi connectivity index (χ3v) is 3.25. The number of carbonyl (C=O) groups excluding carboxylic acids is 1. The van der Waals surface area contributed by atoms with Gasteiger partial charge in [-0.3, -0.25) is 4.79 Å². The van der Waals surface area contributed by atoms with Gasteiger partial charge in [-0.05, 0) is 52.0 Å². The first-order chi connectivity index (χ1) is 9.06. The number of benzene rings is 1. The Bertz CT molecular complexity index is 380. The van der Waals surface area contributed by atoms with E-state index in [-0.39, 0.29) is 11.9 Å². The lowest BCUT2D eigenvalue weighted by Gasteiger charge is -2.14. The topological polar surface area (TPSA) is 30.7 Å². The van der Waals surface area contributed by atoms with Gasteiger partial charge in [0.2, 0.25) is 0 Å². The van der Waals surface area contributed by atoms with Gasteiger partial charge < -0.3 is 9.64 Å². The van der Waals surface area contributed by atoms with E-state index in [9.17, 15) is 4.79 Å². The molecule has 0 atom stereocenters. The summed E-state index contributed by atoms with van der Waals surface area (Å²) in [4.78, 5) is 13.5. The number of carbonyl (C=O) groups is 1. The van der Waals surface area contributed by atoms with Crippen LogP contribution in [-0.2, 0) is 0 Å². The Balaban J connectivity index is 2.53. The van der Waals surface area contributed by atoms with E-state index in [0.29, 0.717) is 6.42 Å². The Kier molecular flexibility index (Phi) is 6.57. The van der Waals surface area contributed by atoms with Gasteiger partial charge in [-0.2, -0.15) is 0 Å². The molecule has 0 spiro atoms. The van der Waals surface area contributed by atoms with E-state index >= 15 is 0 Å². The van der Waals surface area contributed by atoms with E-state index in [1.807, 2.05) is 38.1 Å². The van der Waals surface area contributed by atoms with Crippen LogP contribution in [0.15, 0.2) is 24.3 Å². The number of quaternary nitrogens is 1. The molecule has 0 radical (unpaired) electrons. The van der Waals surface area contributed by atoms with Crippen LogP contribution in [-0.4, -0.2) is 31.5 Å². The predicted octanol–water partition coefficient (Wildman–Crippen LogP) is 1.97. The molecule has 0 fully saturated rings. The van der Waals surface area contributed by atoms with Crippen molar-refractivity contribution in [2.75, 3.05) is 19.6 Å². The van der Waals surface area contributed by atoms with Gasteiger partial charge in [-0.15, -0.1) is 0 Å². The summed E-state index contributed by atoms with van der Waals surface area (Å²) in [5, 5.41) is 0. The third kappa shape index (κ3) is 5.43. The van der Waals surface area contributed by atoms with Gasteiger partial charge in [-0.1, -0.05) is 0 Å². The second kappa shape index (κ2) is 7.95. The molecule has 106 valence electrons. The maximum absolute atomic E-state index is 12.1. The largest absolute Gasteiger partial charge is 0.491 e. The van der Waals surface area contributed by atoms with Crippen molar-refractivity contribution in [1.29, 1.82) is 0 Å². The number of nitrogens with one attached hydrogen (secondary N) is 1. The first-order valence-corrected chi connectivity index (χ1v) is 7.20. The third-order valence-electron chi connectivity index (χ3n) is 3.25. The molecular formula is C16H26NO2+. The lowest BCUT2D eigenvalue weighted by Crippen LogP contribution is -3.11. The van der Waals surface area contributed by atoms with Crippen molar-refractivity contribution in [1.82, 2.24) is 0 Å². The second-order valence-electron chi connectivity index (χ2n) is 5.07. The summed E-state index contributed by atoms with van der Waals surface area (Å²) in [5.41, 5.74) is 0.780. The Morgan fingerprint density at radius 1 is 1.16 bits per heavy atom. The zero-order chi connectivity index (χ0) is 14.3. The number of hydrogen-bond acceptors (Lipinski definition) is 2. The van der Waals surface area contributed by atoms with Gasteiger partial charge in [0.15, 0.2) is 5.78 Å². The zero-order valence-electron chi connectivity index (χ0n) is 12.5. The van der Waals surface area contributed by atoms with Crippen molar-refractivity contribution < 1.29 is 14.4 Å². The lowest BCUT2D eigenvalue weighted by atomic mass is 10.1. The van der Waals surface area contributed by atoms with Crippen molar-refractivity contribution in [3.63, 3.8) is 0 Å². The highest BCUT2D eigenvalue weighted by molar-refractivity contribution is 5.96. The SMILES string of the molecule is CC[NH+](CC)CCC(=O)c1ccc(OC(C)C)cc1. The average Bonchev–Trinajstić information content (AvgIpc) is 2.39. The van der Waals surface area contributed by atoms with Gasteiger partial charge in [-0.25, -0.2) is 0 Å². The highest BCUT2D eigenvalue weighted by Crippen LogP contribution is 2.14. The van der Waals surface area contributed by atoms with Crippen LogP contribution in [0.5, 0.6) is 5.75 Å². The van der Waals surface area contributed by atoms with Crippen molar-refractivity contribution in [2.24, 2.45) is 0 Å². The van der Waals surface area contributed by atoms with Crippen LogP contribution in [0.4, 0.5) is 0 Å². The summed E-state index contributed by atoms with van der Waals surface area (Å²) < 4.78 is 5.57. The fourth-order valence-corrected chi connectivity index (χ4v) is 2.03. The van der Waals surface area contributed by atoms with Gasteiger partial charge in [0, 0.05) is 5.56 Å². The van der Waals surface area contributed by atoms with Gasteiger partial charge in [0.1, 0.15) is 5.75 Å². The first-order valence-electron chi connectivity index (χ1n) is 7.20. The molecule has 0 heterocycles. The molecule has 0 bridgehead atoms. The van der Waals surface area contributed by atoms with Crippen LogP contribution in [0.2, 0.25) is 0 Å². The molecule has 0 aliphatic rings. The molecule has 3 nitrogen and oxygen atoms in total. The van der Waals surface area contributed by atoms with Crippen LogP contribution >= 0.6 is 0 Å². The fraction of sp³-hybridized carbons (Fsp3) is 0.562. The zero-order valence-corrected chi connectivity index (χ0v) is 12.5. The van der Waals surface area contributed by atoms with Gasteiger partial charge in [0.05, 0.1) is 32.2 Å². The average molecular weight is 264 g/mol. The molecule has 0 aromatic heterocycles. The minimum absolute atomic E-state index is 0.160. The van der Waals surface area contributed by atoms with Crippen LogP contribution in [0, 0.1) is 0 Å². The smallest absolute Gasteiger partial charge is 0.168 e. The summed E-state index contributed by atoms with van der Waals surface area (Å²) in [6, 6.07) is 7.46. The maximum atomic E-state index is 12.1. The highest BCUT2D eigenvalue weighted by atomic mass is 16.5. The fourth-order valence-electron chi connectivity index (χ4n) is 2.03. The molecule has 0 saturated heterocycles. The van der Waals surface area contributed by atoms with E-state index in [1.165, 1.54) is 4.90 Å². The maximum Gasteiger partial charge on any atom is 0.168 e. The molecule has 0 amide bonds. The Labute approximate surface area is 116 Å². The molecule has 0 unspecified atom stereocenters. The van der Waals surface area contributed by atoms with Crippen molar-refractivity contribution >= 4 is 5.78 Å². The monoisotopic (exact) mass is 264 g/mol. The summed E-state index contributed by atoms with van der Waals surface area (Å²) in [6.07, 6.45) is 0.773. The molecule has 0 saturated carbocycles. The van der Waals surface area contributed by atoms with E-state index in [4.69, 9.17) is 4.74 Å². The lowest BCUT2D eigenvalue weighted by molar-refractivity contribution is -0.895. The predicted molar refractivity (Wildman–Crippen MR) is 78.1 cm³/mol. The molecule has 0 aliphatic heterocycles. The van der Waals surface area contributed by atoms with E-state index in [2.05, 4.69) is 13.8 Å². The summed E-state index contributed by atoms with van der Waals surface area (Å²) >= 11 is 0. The van der Waals surface area contributed by atoms with Crippen LogP contribution in [0.25, 0.3) is 0 Å². The Morgan fingerprint density at radius 2 is 1.74 bits per heavy atom. The molecule has 19 heavy (non-hydrogen) atoms. The second-order valence-corrected chi connectivity index (χ2v) is 5.07. The van der Waals surface area contributed by atoms with Crippen LogP contribution in [0.3, 0.4) is 0 Å².